The number of aromatic nitrogens is 1. The Hall–Kier alpha value is -1.77. The van der Waals surface area contributed by atoms with Crippen molar-refractivity contribution in [2.24, 2.45) is 0 Å². The number of ether oxygens (including phenoxy) is 1. The van der Waals surface area contributed by atoms with Gasteiger partial charge in [-0.05, 0) is 18.2 Å². The molecule has 0 aliphatic carbocycles. The van der Waals surface area contributed by atoms with Crippen LogP contribution in [0.15, 0.2) is 24.3 Å². The summed E-state index contributed by atoms with van der Waals surface area (Å²) >= 11 is 0. The lowest BCUT2D eigenvalue weighted by molar-refractivity contribution is 0.0601. The summed E-state index contributed by atoms with van der Waals surface area (Å²) in [6.07, 6.45) is 2.84. The number of hydrogen-bond donors (Lipinski definition) is 1. The second-order valence-electron chi connectivity index (χ2n) is 2.71. The number of hydrogen-bond acceptors (Lipinski definition) is 2. The van der Waals surface area contributed by atoms with Crippen molar-refractivity contribution in [1.82, 2.24) is 4.98 Å². The molecule has 1 heterocycles. The fraction of sp³-hybridized carbons (Fsp3) is 0.100. The summed E-state index contributed by atoms with van der Waals surface area (Å²) in [5.74, 6) is -0.323. The minimum atomic E-state index is -0.323. The highest BCUT2D eigenvalue weighted by Crippen LogP contribution is 2.14. The van der Waals surface area contributed by atoms with Crippen molar-refractivity contribution in [1.29, 1.82) is 0 Å². The molecule has 2 rings (SSSR count). The maximum absolute atomic E-state index is 11.1. The van der Waals surface area contributed by atoms with Gasteiger partial charge >= 0.3 is 5.97 Å². The second-order valence-corrected chi connectivity index (χ2v) is 2.71. The molecule has 2 aromatic rings. The van der Waals surface area contributed by atoms with Crippen LogP contribution in [-0.2, 0) is 4.74 Å². The largest absolute Gasteiger partial charge is 0.465 e. The number of carbonyl (C=O) groups is 1. The average Bonchev–Trinajstić information content (AvgIpc) is 2.63. The van der Waals surface area contributed by atoms with E-state index in [0.717, 1.165) is 10.9 Å². The Labute approximate surface area is 75.3 Å². The van der Waals surface area contributed by atoms with Gasteiger partial charge in [0.2, 0.25) is 0 Å². The summed E-state index contributed by atoms with van der Waals surface area (Å²) in [7, 11) is 1.37. The Balaban J connectivity index is 2.54. The molecule has 1 aromatic heterocycles. The molecule has 0 aliphatic rings. The number of methoxy groups -OCH3 is 1. The third-order valence-electron chi connectivity index (χ3n) is 1.91. The van der Waals surface area contributed by atoms with Gasteiger partial charge in [-0.1, -0.05) is 6.07 Å². The number of rotatable bonds is 1. The van der Waals surface area contributed by atoms with Crippen LogP contribution in [0.25, 0.3) is 10.9 Å². The van der Waals surface area contributed by atoms with Gasteiger partial charge in [0.1, 0.15) is 0 Å². The molecule has 0 spiro atoms. The zero-order chi connectivity index (χ0) is 9.26. The molecule has 0 fully saturated rings. The van der Waals surface area contributed by atoms with Crippen LogP contribution in [0.2, 0.25) is 0 Å². The van der Waals surface area contributed by atoms with Crippen molar-refractivity contribution >= 4 is 16.9 Å². The maximum Gasteiger partial charge on any atom is 0.337 e. The summed E-state index contributed by atoms with van der Waals surface area (Å²) in [5, 5.41) is 1.03. The fourth-order valence-corrected chi connectivity index (χ4v) is 1.23. The molecule has 0 bridgehead atoms. The van der Waals surface area contributed by atoms with E-state index in [4.69, 9.17) is 0 Å². The Morgan fingerprint density at radius 3 is 3.15 bits per heavy atom. The van der Waals surface area contributed by atoms with E-state index in [-0.39, 0.29) is 5.97 Å². The van der Waals surface area contributed by atoms with E-state index in [9.17, 15) is 4.79 Å². The van der Waals surface area contributed by atoms with Crippen LogP contribution in [0.4, 0.5) is 0 Å². The predicted octanol–water partition coefficient (Wildman–Crippen LogP) is 1.75. The first-order chi connectivity index (χ1) is 6.31. The molecular formula is C10H8NO2. The van der Waals surface area contributed by atoms with Crippen LogP contribution in [0.1, 0.15) is 10.4 Å². The number of aromatic amines is 1. The highest BCUT2D eigenvalue weighted by molar-refractivity contribution is 5.94. The third-order valence-corrected chi connectivity index (χ3v) is 1.91. The van der Waals surface area contributed by atoms with E-state index in [1.54, 1.807) is 12.1 Å². The van der Waals surface area contributed by atoms with Gasteiger partial charge in [0.05, 0.1) is 18.9 Å². The quantitative estimate of drug-likeness (QED) is 0.669. The molecule has 0 amide bonds. The lowest BCUT2D eigenvalue weighted by Gasteiger charge is -1.98. The molecule has 3 heteroatoms. The normalized spacial score (nSPS) is 10.2. The number of carbonyl (C=O) groups excluding carboxylic acids is 1. The maximum atomic E-state index is 11.1. The first-order valence-corrected chi connectivity index (χ1v) is 3.88. The number of nitrogens with one attached hydrogen (secondary N) is 1. The Morgan fingerprint density at radius 2 is 2.38 bits per heavy atom. The molecule has 0 unspecified atom stereocenters. The molecule has 1 N–H and O–H groups in total. The smallest absolute Gasteiger partial charge is 0.337 e. The van der Waals surface area contributed by atoms with Crippen LogP contribution >= 0.6 is 0 Å². The van der Waals surface area contributed by atoms with Gasteiger partial charge in [0, 0.05) is 10.9 Å². The molecule has 1 aromatic carbocycles. The van der Waals surface area contributed by atoms with E-state index < -0.39 is 0 Å². The lowest BCUT2D eigenvalue weighted by Crippen LogP contribution is -2.00. The van der Waals surface area contributed by atoms with E-state index in [2.05, 4.69) is 15.9 Å². The van der Waals surface area contributed by atoms with Crippen molar-refractivity contribution in [3.05, 3.63) is 36.0 Å². The summed E-state index contributed by atoms with van der Waals surface area (Å²) in [6, 6.07) is 7.17. The second kappa shape index (κ2) is 2.94. The Bertz CT molecular complexity index is 445. The molecule has 1 radical (unpaired) electrons. The van der Waals surface area contributed by atoms with Gasteiger partial charge < -0.3 is 9.72 Å². The zero-order valence-electron chi connectivity index (χ0n) is 7.13. The first kappa shape index (κ1) is 7.86. The molecule has 0 atom stereocenters. The van der Waals surface area contributed by atoms with Gasteiger partial charge in [-0.25, -0.2) is 4.79 Å². The third kappa shape index (κ3) is 1.28. The summed E-state index contributed by atoms with van der Waals surface area (Å²) in [4.78, 5) is 14.0. The van der Waals surface area contributed by atoms with Gasteiger partial charge in [-0.15, -0.1) is 0 Å². The average molecular weight is 174 g/mol. The molecule has 0 saturated heterocycles. The van der Waals surface area contributed by atoms with E-state index in [1.807, 2.05) is 12.1 Å². The molecule has 13 heavy (non-hydrogen) atoms. The van der Waals surface area contributed by atoms with Crippen molar-refractivity contribution in [2.45, 2.75) is 0 Å². The number of fused-ring (bicyclic) bond motifs is 1. The van der Waals surface area contributed by atoms with Gasteiger partial charge in [-0.2, -0.15) is 0 Å². The van der Waals surface area contributed by atoms with Crippen LogP contribution in [-0.4, -0.2) is 18.1 Å². The van der Waals surface area contributed by atoms with Crippen molar-refractivity contribution < 1.29 is 9.53 Å². The van der Waals surface area contributed by atoms with E-state index in [0.29, 0.717) is 5.56 Å². The SMILES string of the molecule is COC(=O)c1ccc2c[c][nH]c2c1. The number of esters is 1. The van der Waals surface area contributed by atoms with Crippen LogP contribution in [0.3, 0.4) is 0 Å². The predicted molar refractivity (Wildman–Crippen MR) is 48.5 cm³/mol. The molecular weight excluding hydrogens is 166 g/mol. The monoisotopic (exact) mass is 174 g/mol. The fourth-order valence-electron chi connectivity index (χ4n) is 1.23. The van der Waals surface area contributed by atoms with Crippen molar-refractivity contribution in [3.63, 3.8) is 0 Å². The number of benzene rings is 1. The van der Waals surface area contributed by atoms with Crippen molar-refractivity contribution in [2.75, 3.05) is 7.11 Å². The van der Waals surface area contributed by atoms with Gasteiger partial charge in [0.25, 0.3) is 0 Å². The van der Waals surface area contributed by atoms with Crippen LogP contribution in [0.5, 0.6) is 0 Å². The standard InChI is InChI=1S/C10H8NO2/c1-13-10(12)8-3-2-7-4-5-11-9(7)6-8/h2-4,6,11H,1H3. The highest BCUT2D eigenvalue weighted by Gasteiger charge is 2.05. The van der Waals surface area contributed by atoms with E-state index >= 15 is 0 Å². The lowest BCUT2D eigenvalue weighted by atomic mass is 10.2. The summed E-state index contributed by atoms with van der Waals surface area (Å²) in [5.41, 5.74) is 1.44. The highest BCUT2D eigenvalue weighted by atomic mass is 16.5. The van der Waals surface area contributed by atoms with E-state index in [1.165, 1.54) is 7.11 Å². The first-order valence-electron chi connectivity index (χ1n) is 3.88. The van der Waals surface area contributed by atoms with Crippen LogP contribution < -0.4 is 0 Å². The molecule has 3 nitrogen and oxygen atoms in total. The minimum Gasteiger partial charge on any atom is -0.465 e. The van der Waals surface area contributed by atoms with Gasteiger partial charge in [-0.3, -0.25) is 0 Å². The molecule has 65 valence electrons. The number of H-pyrrole nitrogens is 1. The molecule has 0 aliphatic heterocycles. The van der Waals surface area contributed by atoms with Crippen molar-refractivity contribution in [3.8, 4) is 0 Å². The zero-order valence-corrected chi connectivity index (χ0v) is 7.13. The minimum absolute atomic E-state index is 0.323. The molecule has 0 saturated carbocycles. The van der Waals surface area contributed by atoms with Gasteiger partial charge in [0.15, 0.2) is 0 Å². The topological polar surface area (TPSA) is 42.1 Å². The summed E-state index contributed by atoms with van der Waals surface area (Å²) < 4.78 is 4.60. The Morgan fingerprint density at radius 1 is 1.54 bits per heavy atom. The Kier molecular flexibility index (Phi) is 1.77. The van der Waals surface area contributed by atoms with Crippen LogP contribution in [0, 0.1) is 6.20 Å². The summed E-state index contributed by atoms with van der Waals surface area (Å²) in [6.45, 7) is 0.